The molecule has 192 valence electrons. The second-order valence-corrected chi connectivity index (χ2v) is 15.3. The van der Waals surface area contributed by atoms with Crippen molar-refractivity contribution in [2.75, 3.05) is 0 Å². The van der Waals surface area contributed by atoms with Gasteiger partial charge < -0.3 is 4.74 Å². The Hall–Kier alpha value is -0.790. The van der Waals surface area contributed by atoms with Crippen molar-refractivity contribution in [2.24, 2.45) is 56.7 Å². The molecule has 0 bridgehead atoms. The van der Waals surface area contributed by atoms with Crippen molar-refractivity contribution in [3.05, 3.63) is 11.6 Å². The number of fused-ring (bicyclic) bond motifs is 7. The lowest BCUT2D eigenvalue weighted by atomic mass is 9.35. The first-order valence-corrected chi connectivity index (χ1v) is 14.6. The van der Waals surface area contributed by atoms with Gasteiger partial charge in [-0.05, 0) is 109 Å². The van der Waals surface area contributed by atoms with E-state index >= 15 is 0 Å². The van der Waals surface area contributed by atoms with Crippen LogP contribution in [0.1, 0.15) is 120 Å². The number of esters is 1. The van der Waals surface area contributed by atoms with Gasteiger partial charge in [-0.15, -0.1) is 0 Å². The van der Waals surface area contributed by atoms with Crippen molar-refractivity contribution in [3.63, 3.8) is 0 Å². The van der Waals surface area contributed by atoms with E-state index in [-0.39, 0.29) is 17.5 Å². The fraction of sp³-hybridized carbons (Fsp3) is 0.906. The highest BCUT2D eigenvalue weighted by molar-refractivity contribution is 5.66. The number of carbonyl (C=O) groups excluding carboxylic acids is 1. The number of carbonyl (C=O) groups is 1. The van der Waals surface area contributed by atoms with Crippen LogP contribution in [0.5, 0.6) is 0 Å². The molecule has 0 spiro atoms. The van der Waals surface area contributed by atoms with Gasteiger partial charge in [-0.25, -0.2) is 0 Å². The molecule has 5 aliphatic rings. The van der Waals surface area contributed by atoms with Crippen LogP contribution in [0.2, 0.25) is 0 Å². The van der Waals surface area contributed by atoms with Crippen molar-refractivity contribution in [3.8, 4) is 0 Å². The van der Waals surface area contributed by atoms with Gasteiger partial charge in [-0.3, -0.25) is 4.79 Å². The van der Waals surface area contributed by atoms with Gasteiger partial charge in [-0.1, -0.05) is 67.0 Å². The fourth-order valence-corrected chi connectivity index (χ4v) is 11.4. The smallest absolute Gasteiger partial charge is 0.302 e. The molecule has 0 amide bonds. The zero-order valence-electron chi connectivity index (χ0n) is 23.7. The molecule has 0 radical (unpaired) electrons. The molecule has 4 fully saturated rings. The zero-order valence-corrected chi connectivity index (χ0v) is 23.7. The number of allylic oxidation sites excluding steroid dienone is 2. The van der Waals surface area contributed by atoms with Gasteiger partial charge in [0, 0.05) is 12.3 Å². The fourth-order valence-electron chi connectivity index (χ4n) is 11.4. The van der Waals surface area contributed by atoms with Crippen LogP contribution in [-0.4, -0.2) is 12.1 Å². The summed E-state index contributed by atoms with van der Waals surface area (Å²) in [5, 5.41) is 0. The van der Waals surface area contributed by atoms with Crippen molar-refractivity contribution in [1.29, 1.82) is 0 Å². The van der Waals surface area contributed by atoms with Crippen molar-refractivity contribution in [1.82, 2.24) is 0 Å². The molecule has 0 aromatic heterocycles. The van der Waals surface area contributed by atoms with Gasteiger partial charge in [0.1, 0.15) is 6.10 Å². The molecule has 4 unspecified atom stereocenters. The summed E-state index contributed by atoms with van der Waals surface area (Å²) in [6.07, 6.45) is 14.6. The molecular formula is C32H52O2. The predicted molar refractivity (Wildman–Crippen MR) is 140 cm³/mol. The topological polar surface area (TPSA) is 26.3 Å². The highest BCUT2D eigenvalue weighted by Gasteiger charge is 2.68. The van der Waals surface area contributed by atoms with Crippen molar-refractivity contribution < 1.29 is 9.53 Å². The van der Waals surface area contributed by atoms with Crippen LogP contribution in [0.4, 0.5) is 0 Å². The Bertz CT molecular complexity index is 883. The van der Waals surface area contributed by atoms with E-state index in [1.54, 1.807) is 6.92 Å². The number of hydrogen-bond acceptors (Lipinski definition) is 2. The van der Waals surface area contributed by atoms with Crippen LogP contribution < -0.4 is 0 Å². The molecule has 2 nitrogen and oxygen atoms in total. The third-order valence-corrected chi connectivity index (χ3v) is 13.3. The van der Waals surface area contributed by atoms with E-state index < -0.39 is 0 Å². The first-order valence-electron chi connectivity index (χ1n) is 14.6. The minimum atomic E-state index is -0.115. The Morgan fingerprint density at radius 2 is 1.65 bits per heavy atom. The van der Waals surface area contributed by atoms with E-state index in [1.807, 2.05) is 5.57 Å². The van der Waals surface area contributed by atoms with E-state index in [2.05, 4.69) is 61.5 Å². The Labute approximate surface area is 210 Å². The van der Waals surface area contributed by atoms with Crippen LogP contribution in [0.25, 0.3) is 0 Å². The molecule has 2 heteroatoms. The molecule has 5 rings (SSSR count). The number of ether oxygens (including phenoxy) is 1. The van der Waals surface area contributed by atoms with Gasteiger partial charge in [0.05, 0.1) is 0 Å². The van der Waals surface area contributed by atoms with Crippen LogP contribution >= 0.6 is 0 Å². The number of rotatable bonds is 2. The van der Waals surface area contributed by atoms with E-state index in [1.165, 1.54) is 44.9 Å². The molecule has 0 aromatic rings. The largest absolute Gasteiger partial charge is 0.462 e. The van der Waals surface area contributed by atoms with Gasteiger partial charge in [0.25, 0.3) is 0 Å². The standard InChI is InChI=1S/C32H52O2/c1-20(2)22-12-15-29(6)18-19-31(8)24-10-11-25-28(4,5)26(34-21(3)33)14-16-30(25,7)23(24)13-17-32(31,9)27(22)29/h10,20,22-23,25-27H,11-19H2,1-9H3/t22-,23?,25?,26+,27?,29-,30-,31-,32?/m1/s1. The maximum atomic E-state index is 11.9. The Morgan fingerprint density at radius 1 is 0.941 bits per heavy atom. The lowest BCUT2D eigenvalue weighted by molar-refractivity contribution is -0.181. The maximum Gasteiger partial charge on any atom is 0.302 e. The first-order chi connectivity index (χ1) is 15.7. The van der Waals surface area contributed by atoms with Gasteiger partial charge in [0.2, 0.25) is 0 Å². The predicted octanol–water partition coefficient (Wildman–Crippen LogP) is 8.60. The second kappa shape index (κ2) is 7.61. The average molecular weight is 469 g/mol. The summed E-state index contributed by atoms with van der Waals surface area (Å²) >= 11 is 0. The van der Waals surface area contributed by atoms with Crippen molar-refractivity contribution in [2.45, 2.75) is 126 Å². The monoisotopic (exact) mass is 468 g/mol. The summed E-state index contributed by atoms with van der Waals surface area (Å²) in [6, 6.07) is 0. The van der Waals surface area contributed by atoms with Crippen LogP contribution in [-0.2, 0) is 9.53 Å². The Kier molecular flexibility index (Phi) is 5.57. The Balaban J connectivity index is 1.54. The maximum absolute atomic E-state index is 11.9. The minimum Gasteiger partial charge on any atom is -0.462 e. The SMILES string of the molecule is CC(=O)O[C@H]1CC[C@]2(C)C3CCC4(C)C5[C@@H](C(C)C)CC[C@]5(C)CC[C@]4(C)C3=CCC2C1(C)C. The highest BCUT2D eigenvalue weighted by Crippen LogP contribution is 2.76. The van der Waals surface area contributed by atoms with E-state index in [9.17, 15) is 4.79 Å². The molecule has 4 saturated carbocycles. The van der Waals surface area contributed by atoms with Gasteiger partial charge in [-0.2, -0.15) is 0 Å². The lowest BCUT2D eigenvalue weighted by Gasteiger charge is -2.69. The lowest BCUT2D eigenvalue weighted by Crippen LogP contribution is -2.62. The van der Waals surface area contributed by atoms with E-state index in [4.69, 9.17) is 4.74 Å². The summed E-state index contributed by atoms with van der Waals surface area (Å²) in [5.41, 5.74) is 3.49. The summed E-state index contributed by atoms with van der Waals surface area (Å²) < 4.78 is 5.89. The summed E-state index contributed by atoms with van der Waals surface area (Å²) in [5.74, 6) is 3.72. The first kappa shape index (κ1) is 24.9. The minimum absolute atomic E-state index is 0.0294. The summed E-state index contributed by atoms with van der Waals surface area (Å²) in [4.78, 5) is 11.9. The van der Waals surface area contributed by atoms with Crippen molar-refractivity contribution >= 4 is 5.97 Å². The molecule has 5 aliphatic carbocycles. The molecular weight excluding hydrogens is 416 g/mol. The van der Waals surface area contributed by atoms with Crippen LogP contribution in [0.15, 0.2) is 11.6 Å². The van der Waals surface area contributed by atoms with E-state index in [0.717, 1.165) is 30.6 Å². The average Bonchev–Trinajstić information content (AvgIpc) is 3.10. The molecule has 0 aromatic carbocycles. The number of hydrogen-bond donors (Lipinski definition) is 0. The van der Waals surface area contributed by atoms with Crippen LogP contribution in [0.3, 0.4) is 0 Å². The van der Waals surface area contributed by atoms with Gasteiger partial charge >= 0.3 is 5.97 Å². The molecule has 0 N–H and O–H groups in total. The summed E-state index contributed by atoms with van der Waals surface area (Å²) in [7, 11) is 0. The van der Waals surface area contributed by atoms with E-state index in [0.29, 0.717) is 33.5 Å². The molecule has 0 heterocycles. The molecule has 34 heavy (non-hydrogen) atoms. The third-order valence-electron chi connectivity index (χ3n) is 13.3. The molecule has 0 aliphatic heterocycles. The zero-order chi connectivity index (χ0) is 24.9. The van der Waals surface area contributed by atoms with Gasteiger partial charge in [0.15, 0.2) is 0 Å². The Morgan fingerprint density at radius 3 is 2.29 bits per heavy atom. The summed E-state index contributed by atoms with van der Waals surface area (Å²) in [6.45, 7) is 22.0. The van der Waals surface area contributed by atoms with Crippen LogP contribution in [0, 0.1) is 56.7 Å². The normalized spacial score (nSPS) is 51.6. The third kappa shape index (κ3) is 3.08. The molecule has 0 saturated heterocycles. The highest BCUT2D eigenvalue weighted by atomic mass is 16.5. The molecule has 9 atom stereocenters. The quantitative estimate of drug-likeness (QED) is 0.299. The second-order valence-electron chi connectivity index (χ2n) is 15.3.